The number of fused-ring (bicyclic) bond motifs is 1. The van der Waals surface area contributed by atoms with Crippen molar-refractivity contribution in [3.05, 3.63) is 70.4 Å². The third-order valence-electron chi connectivity index (χ3n) is 9.77. The first-order chi connectivity index (χ1) is 25.0. The molecule has 0 spiro atoms. The van der Waals surface area contributed by atoms with E-state index in [1.54, 1.807) is 32.4 Å². The molecule has 2 heterocycles. The number of imidazole rings is 1. The van der Waals surface area contributed by atoms with Crippen LogP contribution in [0.4, 0.5) is 10.5 Å². The Hall–Kier alpha value is -4.06. The Bertz CT molecular complexity index is 1850. The number of nitrogens with zero attached hydrogens (tertiary/aromatic N) is 4. The predicted octanol–water partition coefficient (Wildman–Crippen LogP) is 7.28. The lowest BCUT2D eigenvalue weighted by molar-refractivity contribution is -0.123. The molecule has 15 heteroatoms. The lowest BCUT2D eigenvalue weighted by atomic mass is 9.98. The fraction of sp³-hybridized carbons (Fsp3) is 0.564. The second-order valence-corrected chi connectivity index (χ2v) is 27.5. The van der Waals surface area contributed by atoms with Gasteiger partial charge in [-0.05, 0) is 67.2 Å². The molecule has 0 fully saturated rings. The molecule has 54 heavy (non-hydrogen) atoms. The maximum absolute atomic E-state index is 13.8. The normalized spacial score (nSPS) is 13.7. The lowest BCUT2D eigenvalue weighted by Crippen LogP contribution is -2.44. The standard InChI is InChI=1S/C39H62N6O7Si2/c1-27(2)35(52-54(11,12)39(3,4)5)28-17-15-20-31-34(28)42-32(45(31)26-51-23-24-53(8,9)10)25-44-22-16-19-30(37(44)48)40-36(47)29(41-38(49)50)18-13-14-21-33(46)43(6)7/h14-17,19-22,27,29,35,41H,13,18,23-26H2,1-12H3,(H,40,47)(H,49,50)/b21-14+. The van der Waals surface area contributed by atoms with Crippen molar-refractivity contribution in [1.82, 2.24) is 24.3 Å². The number of amides is 3. The molecular formula is C39H62N6O7Si2. The molecule has 298 valence electrons. The molecule has 2 atom stereocenters. The molecule has 0 aliphatic carbocycles. The first-order valence-electron chi connectivity index (χ1n) is 18.6. The van der Waals surface area contributed by atoms with E-state index in [0.717, 1.165) is 22.6 Å². The minimum Gasteiger partial charge on any atom is -0.465 e. The SMILES string of the molecule is CC(C)C(O[Si](C)(C)C(C)(C)C)c1cccc2c1nc(Cn1cccc(NC(=O)C(CC/C=C/C(=O)N(C)C)NC(=O)O)c1=O)n2COCC[Si](C)(C)C. The van der Waals surface area contributed by atoms with E-state index in [1.165, 1.54) is 21.6 Å². The average molecular weight is 783 g/mol. The van der Waals surface area contributed by atoms with Gasteiger partial charge in [0.05, 0.1) is 23.7 Å². The van der Waals surface area contributed by atoms with Crippen molar-refractivity contribution in [1.29, 1.82) is 0 Å². The van der Waals surface area contributed by atoms with Crippen molar-refractivity contribution in [3.8, 4) is 0 Å². The zero-order valence-electron chi connectivity index (χ0n) is 34.3. The van der Waals surface area contributed by atoms with Gasteiger partial charge in [0.1, 0.15) is 24.3 Å². The van der Waals surface area contributed by atoms with E-state index in [0.29, 0.717) is 12.4 Å². The molecule has 3 N–H and O–H groups in total. The van der Waals surface area contributed by atoms with Crippen LogP contribution in [0.1, 0.15) is 65.0 Å². The smallest absolute Gasteiger partial charge is 0.405 e. The zero-order chi connectivity index (χ0) is 40.6. The summed E-state index contributed by atoms with van der Waals surface area (Å²) in [6, 6.07) is 9.08. The third-order valence-corrected chi connectivity index (χ3v) is 15.9. The number of pyridine rings is 1. The van der Waals surface area contributed by atoms with Crippen LogP contribution in [0, 0.1) is 5.92 Å². The quantitative estimate of drug-likeness (QED) is 0.0691. The summed E-state index contributed by atoms with van der Waals surface area (Å²) in [5, 5.41) is 14.2. The van der Waals surface area contributed by atoms with E-state index in [9.17, 15) is 24.3 Å². The van der Waals surface area contributed by atoms with Crippen LogP contribution in [0.25, 0.3) is 11.0 Å². The minimum absolute atomic E-state index is 0.00426. The van der Waals surface area contributed by atoms with Crippen molar-refractivity contribution in [2.45, 2.75) is 117 Å². The number of allylic oxidation sites excluding steroid dienone is 1. The number of carbonyl (C=O) groups is 3. The Morgan fingerprint density at radius 2 is 1.74 bits per heavy atom. The molecule has 0 aliphatic rings. The van der Waals surface area contributed by atoms with Crippen molar-refractivity contribution >= 4 is 51.0 Å². The predicted molar refractivity (Wildman–Crippen MR) is 220 cm³/mol. The summed E-state index contributed by atoms with van der Waals surface area (Å²) in [5.41, 5.74) is 2.17. The summed E-state index contributed by atoms with van der Waals surface area (Å²) in [5.74, 6) is -0.136. The zero-order valence-corrected chi connectivity index (χ0v) is 36.3. The summed E-state index contributed by atoms with van der Waals surface area (Å²) in [7, 11) is -0.277. The molecule has 2 unspecified atom stereocenters. The van der Waals surface area contributed by atoms with Gasteiger partial charge in [0.2, 0.25) is 11.8 Å². The number of benzene rings is 1. The number of carbonyl (C=O) groups excluding carboxylic acids is 2. The molecule has 3 amide bonds. The Labute approximate surface area is 322 Å². The van der Waals surface area contributed by atoms with E-state index in [-0.39, 0.29) is 54.8 Å². The maximum atomic E-state index is 13.8. The third kappa shape index (κ3) is 12.2. The van der Waals surface area contributed by atoms with Crippen LogP contribution >= 0.6 is 0 Å². The summed E-state index contributed by atoms with van der Waals surface area (Å²) in [6.45, 7) is 23.4. The molecule has 3 rings (SSSR count). The number of anilines is 1. The molecule has 0 aliphatic heterocycles. The number of nitrogens with one attached hydrogen (secondary N) is 2. The van der Waals surface area contributed by atoms with Crippen LogP contribution in [0.5, 0.6) is 0 Å². The van der Waals surface area contributed by atoms with Crippen molar-refractivity contribution in [3.63, 3.8) is 0 Å². The number of likely N-dealkylation sites (N-methyl/N-ethyl adjacent to an activating group) is 1. The number of carboxylic acid groups (broad SMARTS) is 1. The minimum atomic E-state index is -2.17. The van der Waals surface area contributed by atoms with E-state index in [1.807, 2.05) is 16.7 Å². The van der Waals surface area contributed by atoms with Crippen molar-refractivity contribution < 1.29 is 28.7 Å². The summed E-state index contributed by atoms with van der Waals surface area (Å²) < 4.78 is 16.8. The van der Waals surface area contributed by atoms with Crippen molar-refractivity contribution in [2.75, 3.05) is 26.0 Å². The van der Waals surface area contributed by atoms with Crippen LogP contribution in [-0.2, 0) is 32.0 Å². The molecule has 2 aromatic heterocycles. The van der Waals surface area contributed by atoms with Crippen LogP contribution in [0.2, 0.25) is 43.8 Å². The highest BCUT2D eigenvalue weighted by Crippen LogP contribution is 2.42. The molecule has 13 nitrogen and oxygen atoms in total. The summed E-state index contributed by atoms with van der Waals surface area (Å²) >= 11 is 0. The molecule has 0 radical (unpaired) electrons. The highest BCUT2D eigenvalue weighted by Gasteiger charge is 2.40. The van der Waals surface area contributed by atoms with Gasteiger partial charge in [-0.1, -0.05) is 72.5 Å². The van der Waals surface area contributed by atoms with Gasteiger partial charge < -0.3 is 38.9 Å². The Morgan fingerprint density at radius 3 is 2.33 bits per heavy atom. The van der Waals surface area contributed by atoms with E-state index >= 15 is 0 Å². The van der Waals surface area contributed by atoms with Crippen molar-refractivity contribution in [2.24, 2.45) is 5.92 Å². The molecular weight excluding hydrogens is 721 g/mol. The summed E-state index contributed by atoms with van der Waals surface area (Å²) in [6.07, 6.45) is 3.33. The highest BCUT2D eigenvalue weighted by molar-refractivity contribution is 6.76. The first-order valence-corrected chi connectivity index (χ1v) is 25.2. The monoisotopic (exact) mass is 782 g/mol. The largest absolute Gasteiger partial charge is 0.465 e. The molecule has 1 aromatic carbocycles. The van der Waals surface area contributed by atoms with Crippen LogP contribution in [-0.4, -0.2) is 85.2 Å². The number of ether oxygens (including phenoxy) is 1. The molecule has 0 saturated carbocycles. The Kier molecular flexibility index (Phi) is 15.2. The van der Waals surface area contributed by atoms with E-state index in [4.69, 9.17) is 14.1 Å². The number of hydrogen-bond acceptors (Lipinski definition) is 7. The number of rotatable bonds is 18. The van der Waals surface area contributed by atoms with Crippen LogP contribution < -0.4 is 16.2 Å². The van der Waals surface area contributed by atoms with E-state index < -0.39 is 40.0 Å². The van der Waals surface area contributed by atoms with Crippen LogP contribution in [0.3, 0.4) is 0 Å². The maximum Gasteiger partial charge on any atom is 0.405 e. The van der Waals surface area contributed by atoms with Gasteiger partial charge in [0.25, 0.3) is 5.56 Å². The number of aromatic nitrogens is 3. The van der Waals surface area contributed by atoms with E-state index in [2.05, 4.69) is 84.1 Å². The van der Waals surface area contributed by atoms with Gasteiger partial charge in [-0.15, -0.1) is 0 Å². The summed E-state index contributed by atoms with van der Waals surface area (Å²) in [4.78, 5) is 57.1. The highest BCUT2D eigenvalue weighted by atomic mass is 28.4. The van der Waals surface area contributed by atoms with Crippen LogP contribution in [0.15, 0.2) is 53.5 Å². The van der Waals surface area contributed by atoms with Gasteiger partial charge in [-0.25, -0.2) is 9.78 Å². The number of hydrogen-bond donors (Lipinski definition) is 3. The second kappa shape index (κ2) is 18.5. The van der Waals surface area contributed by atoms with Gasteiger partial charge >= 0.3 is 6.09 Å². The number of para-hydroxylation sites is 1. The van der Waals surface area contributed by atoms with Gasteiger partial charge in [0, 0.05) is 40.5 Å². The Morgan fingerprint density at radius 1 is 1.06 bits per heavy atom. The van der Waals surface area contributed by atoms with Gasteiger partial charge in [0.15, 0.2) is 8.32 Å². The van der Waals surface area contributed by atoms with Gasteiger partial charge in [-0.3, -0.25) is 14.4 Å². The second-order valence-electron chi connectivity index (χ2n) is 17.1. The first kappa shape index (κ1) is 44.3. The fourth-order valence-electron chi connectivity index (χ4n) is 5.44. The lowest BCUT2D eigenvalue weighted by Gasteiger charge is -2.40. The Balaban J connectivity index is 2.01. The topological polar surface area (TPSA) is 157 Å². The molecule has 0 saturated heterocycles. The van der Waals surface area contributed by atoms with Gasteiger partial charge in [-0.2, -0.15) is 0 Å². The molecule has 0 bridgehead atoms. The fourth-order valence-corrected chi connectivity index (χ4v) is 7.59. The molecule has 3 aromatic rings. The average Bonchev–Trinajstić information content (AvgIpc) is 3.40.